The molecule has 0 aromatic heterocycles. The van der Waals surface area contributed by atoms with Crippen molar-refractivity contribution in [1.82, 2.24) is 0 Å². The zero-order chi connectivity index (χ0) is 12.3. The number of rotatable bonds is 3. The molecule has 0 atom stereocenters. The molecule has 2 aromatic rings. The summed E-state index contributed by atoms with van der Waals surface area (Å²) in [6.45, 7) is 0.192. The molecule has 2 aromatic carbocycles. The fourth-order valence-corrected chi connectivity index (χ4v) is 1.39. The third-order valence-corrected chi connectivity index (χ3v) is 2.23. The van der Waals surface area contributed by atoms with Gasteiger partial charge >= 0.3 is 0 Å². The molecule has 0 aliphatic rings. The molecular formula is C13H11FO3. The fraction of sp³-hybridized carbons (Fsp3) is 0.0769. The number of halogens is 1. The van der Waals surface area contributed by atoms with Gasteiger partial charge in [-0.15, -0.1) is 0 Å². The Balaban J connectivity index is 2.05. The van der Waals surface area contributed by atoms with E-state index in [1.165, 1.54) is 30.3 Å². The molecular weight excluding hydrogens is 223 g/mol. The van der Waals surface area contributed by atoms with Gasteiger partial charge < -0.3 is 14.9 Å². The Morgan fingerprint density at radius 3 is 2.59 bits per heavy atom. The standard InChI is InChI=1S/C13H11FO3/c14-12-5-4-9(6-13(12)16)8-17-11-3-1-2-10(15)7-11/h1-7,15-16H,8H2. The average Bonchev–Trinajstić information content (AvgIpc) is 2.31. The smallest absolute Gasteiger partial charge is 0.164 e. The minimum atomic E-state index is -0.661. The van der Waals surface area contributed by atoms with Crippen molar-refractivity contribution in [3.63, 3.8) is 0 Å². The Morgan fingerprint density at radius 1 is 1.06 bits per heavy atom. The maximum absolute atomic E-state index is 12.8. The third kappa shape index (κ3) is 2.87. The minimum Gasteiger partial charge on any atom is -0.508 e. The molecule has 2 rings (SSSR count). The Hall–Kier alpha value is -2.23. The monoisotopic (exact) mass is 234 g/mol. The first-order valence-electron chi connectivity index (χ1n) is 5.04. The summed E-state index contributed by atoms with van der Waals surface area (Å²) < 4.78 is 18.2. The highest BCUT2D eigenvalue weighted by Crippen LogP contribution is 2.21. The highest BCUT2D eigenvalue weighted by atomic mass is 19.1. The van der Waals surface area contributed by atoms with Crippen LogP contribution in [-0.2, 0) is 6.61 Å². The lowest BCUT2D eigenvalue weighted by Gasteiger charge is -2.07. The quantitative estimate of drug-likeness (QED) is 0.858. The van der Waals surface area contributed by atoms with E-state index in [1.54, 1.807) is 12.1 Å². The summed E-state index contributed by atoms with van der Waals surface area (Å²) in [5.74, 6) is -0.439. The highest BCUT2D eigenvalue weighted by Gasteiger charge is 2.02. The van der Waals surface area contributed by atoms with Gasteiger partial charge in [-0.1, -0.05) is 12.1 Å². The van der Waals surface area contributed by atoms with E-state index in [0.29, 0.717) is 11.3 Å². The van der Waals surface area contributed by atoms with Gasteiger partial charge in [-0.2, -0.15) is 0 Å². The highest BCUT2D eigenvalue weighted by molar-refractivity contribution is 5.33. The predicted molar refractivity (Wildman–Crippen MR) is 60.5 cm³/mol. The van der Waals surface area contributed by atoms with Gasteiger partial charge in [0.2, 0.25) is 0 Å². The zero-order valence-electron chi connectivity index (χ0n) is 8.93. The molecule has 0 radical (unpaired) electrons. The van der Waals surface area contributed by atoms with Crippen molar-refractivity contribution < 1.29 is 19.3 Å². The van der Waals surface area contributed by atoms with Crippen molar-refractivity contribution >= 4 is 0 Å². The number of hydrogen-bond donors (Lipinski definition) is 2. The average molecular weight is 234 g/mol. The molecule has 0 unspecified atom stereocenters. The molecule has 17 heavy (non-hydrogen) atoms. The van der Waals surface area contributed by atoms with Crippen LogP contribution >= 0.6 is 0 Å². The molecule has 0 heterocycles. The van der Waals surface area contributed by atoms with Gasteiger partial charge in [-0.05, 0) is 29.8 Å². The van der Waals surface area contributed by atoms with Crippen LogP contribution in [0.5, 0.6) is 17.2 Å². The Kier molecular flexibility index (Phi) is 3.14. The van der Waals surface area contributed by atoms with Gasteiger partial charge in [-0.25, -0.2) is 4.39 Å². The maximum atomic E-state index is 12.8. The third-order valence-electron chi connectivity index (χ3n) is 2.23. The van der Waals surface area contributed by atoms with Gasteiger partial charge in [0.15, 0.2) is 11.6 Å². The van der Waals surface area contributed by atoms with Gasteiger partial charge in [0.25, 0.3) is 0 Å². The molecule has 0 aliphatic carbocycles. The van der Waals surface area contributed by atoms with Gasteiger partial charge in [0, 0.05) is 6.07 Å². The number of phenols is 2. The first kappa shape index (κ1) is 11.3. The van der Waals surface area contributed by atoms with Crippen LogP contribution in [0.2, 0.25) is 0 Å². The molecule has 0 bridgehead atoms. The van der Waals surface area contributed by atoms with E-state index >= 15 is 0 Å². The van der Waals surface area contributed by atoms with Gasteiger partial charge in [0.1, 0.15) is 18.1 Å². The van der Waals surface area contributed by atoms with Crippen molar-refractivity contribution in [3.8, 4) is 17.2 Å². The summed E-state index contributed by atoms with van der Waals surface area (Å²) in [7, 11) is 0. The second kappa shape index (κ2) is 4.74. The summed E-state index contributed by atoms with van der Waals surface area (Å²) in [4.78, 5) is 0. The van der Waals surface area contributed by atoms with Crippen molar-refractivity contribution in [2.45, 2.75) is 6.61 Å². The minimum absolute atomic E-state index is 0.115. The first-order valence-corrected chi connectivity index (χ1v) is 5.04. The van der Waals surface area contributed by atoms with Crippen LogP contribution in [0, 0.1) is 5.82 Å². The fourth-order valence-electron chi connectivity index (χ4n) is 1.39. The number of aromatic hydroxyl groups is 2. The second-order valence-corrected chi connectivity index (χ2v) is 3.57. The van der Waals surface area contributed by atoms with Gasteiger partial charge in [0.05, 0.1) is 0 Å². The Morgan fingerprint density at radius 2 is 1.88 bits per heavy atom. The maximum Gasteiger partial charge on any atom is 0.164 e. The summed E-state index contributed by atoms with van der Waals surface area (Å²) in [5, 5.41) is 18.4. The SMILES string of the molecule is Oc1cccc(OCc2ccc(F)c(O)c2)c1. The topological polar surface area (TPSA) is 49.7 Å². The van der Waals surface area contributed by atoms with E-state index in [9.17, 15) is 14.6 Å². The molecule has 3 nitrogen and oxygen atoms in total. The van der Waals surface area contributed by atoms with Crippen LogP contribution in [0.4, 0.5) is 4.39 Å². The van der Waals surface area contributed by atoms with E-state index in [2.05, 4.69) is 0 Å². The van der Waals surface area contributed by atoms with E-state index in [4.69, 9.17) is 4.74 Å². The molecule has 0 aliphatic heterocycles. The van der Waals surface area contributed by atoms with E-state index < -0.39 is 11.6 Å². The molecule has 88 valence electrons. The zero-order valence-corrected chi connectivity index (χ0v) is 8.93. The number of ether oxygens (including phenoxy) is 1. The van der Waals surface area contributed by atoms with Crippen molar-refractivity contribution in [2.24, 2.45) is 0 Å². The van der Waals surface area contributed by atoms with Crippen LogP contribution in [0.25, 0.3) is 0 Å². The van der Waals surface area contributed by atoms with Crippen LogP contribution in [0.3, 0.4) is 0 Å². The van der Waals surface area contributed by atoms with Crippen LogP contribution in [0.15, 0.2) is 42.5 Å². The van der Waals surface area contributed by atoms with Crippen LogP contribution in [0.1, 0.15) is 5.56 Å². The Bertz CT molecular complexity index is 526. The van der Waals surface area contributed by atoms with E-state index in [-0.39, 0.29) is 12.4 Å². The summed E-state index contributed by atoms with van der Waals surface area (Å²) >= 11 is 0. The largest absolute Gasteiger partial charge is 0.508 e. The van der Waals surface area contributed by atoms with Crippen LogP contribution < -0.4 is 4.74 Å². The molecule has 0 spiro atoms. The van der Waals surface area contributed by atoms with Crippen molar-refractivity contribution in [3.05, 3.63) is 53.8 Å². The Labute approximate surface area is 97.7 Å². The summed E-state index contributed by atoms with van der Waals surface area (Å²) in [6.07, 6.45) is 0. The molecule has 0 fully saturated rings. The van der Waals surface area contributed by atoms with Crippen molar-refractivity contribution in [2.75, 3.05) is 0 Å². The number of phenolic OH excluding ortho intramolecular Hbond substituents is 2. The van der Waals surface area contributed by atoms with Gasteiger partial charge in [-0.3, -0.25) is 0 Å². The van der Waals surface area contributed by atoms with Crippen LogP contribution in [-0.4, -0.2) is 10.2 Å². The number of hydrogen-bond acceptors (Lipinski definition) is 3. The molecule has 0 saturated heterocycles. The predicted octanol–water partition coefficient (Wildman–Crippen LogP) is 2.82. The number of benzene rings is 2. The lowest BCUT2D eigenvalue weighted by Crippen LogP contribution is -1.95. The molecule has 0 amide bonds. The molecule has 2 N–H and O–H groups in total. The van der Waals surface area contributed by atoms with Crippen molar-refractivity contribution in [1.29, 1.82) is 0 Å². The molecule has 4 heteroatoms. The van der Waals surface area contributed by atoms with E-state index in [1.807, 2.05) is 0 Å². The summed E-state index contributed by atoms with van der Waals surface area (Å²) in [6, 6.07) is 10.4. The lowest BCUT2D eigenvalue weighted by molar-refractivity contribution is 0.303. The molecule has 0 saturated carbocycles. The van der Waals surface area contributed by atoms with E-state index in [0.717, 1.165) is 0 Å². The lowest BCUT2D eigenvalue weighted by atomic mass is 10.2. The normalized spacial score (nSPS) is 10.2. The second-order valence-electron chi connectivity index (χ2n) is 3.57. The summed E-state index contributed by atoms with van der Waals surface area (Å²) in [5.41, 5.74) is 0.646. The first-order chi connectivity index (χ1) is 8.15.